The third-order valence-corrected chi connectivity index (χ3v) is 4.22. The van der Waals surface area contributed by atoms with Gasteiger partial charge < -0.3 is 15.4 Å². The molecule has 2 heterocycles. The minimum Gasteiger partial charge on any atom is -0.489 e. The van der Waals surface area contributed by atoms with Crippen LogP contribution in [-0.4, -0.2) is 40.4 Å². The Labute approximate surface area is 152 Å². The molecule has 1 aliphatic heterocycles. The lowest BCUT2D eigenvalue weighted by Gasteiger charge is -2.25. The second-order valence-electron chi connectivity index (χ2n) is 6.42. The number of guanidine groups is 1. The lowest BCUT2D eigenvalue weighted by molar-refractivity contribution is 0.223. The van der Waals surface area contributed by atoms with Crippen molar-refractivity contribution in [2.75, 3.05) is 13.6 Å². The van der Waals surface area contributed by atoms with Crippen molar-refractivity contribution in [3.05, 3.63) is 41.7 Å². The molecule has 0 aliphatic carbocycles. The van der Waals surface area contributed by atoms with Crippen LogP contribution >= 0.6 is 0 Å². The van der Waals surface area contributed by atoms with Crippen molar-refractivity contribution in [3.8, 4) is 5.75 Å². The molecule has 0 saturated carbocycles. The Hall–Kier alpha value is -2.64. The van der Waals surface area contributed by atoms with Crippen molar-refractivity contribution in [1.82, 2.24) is 25.4 Å². The highest BCUT2D eigenvalue weighted by Crippen LogP contribution is 2.22. The van der Waals surface area contributed by atoms with E-state index in [0.717, 1.165) is 31.0 Å². The molecule has 1 aromatic carbocycles. The average molecular weight is 360 g/mol. The first-order chi connectivity index (χ1) is 12.5. The number of nitrogens with zero attached hydrogens (tertiary/aromatic N) is 4. The normalized spacial score (nSPS) is 18.2. The molecule has 0 bridgehead atoms. The number of fused-ring (bicyclic) bond motifs is 1. The molecule has 1 aromatic heterocycles. The Morgan fingerprint density at radius 1 is 1.42 bits per heavy atom. The SMILES string of the molecule is CN=C(NCC(C)Oc1ccc(F)cc1)NC1CCCn2nc(C)nc21. The first-order valence-electron chi connectivity index (χ1n) is 8.86. The number of aliphatic imine (C=N–C) groups is 1. The maximum Gasteiger partial charge on any atom is 0.191 e. The number of ether oxygens (including phenoxy) is 1. The molecular weight excluding hydrogens is 335 g/mol. The zero-order valence-electron chi connectivity index (χ0n) is 15.4. The lowest BCUT2D eigenvalue weighted by Crippen LogP contribution is -2.44. The largest absolute Gasteiger partial charge is 0.489 e. The fourth-order valence-electron chi connectivity index (χ4n) is 2.99. The summed E-state index contributed by atoms with van der Waals surface area (Å²) < 4.78 is 20.7. The summed E-state index contributed by atoms with van der Waals surface area (Å²) in [5.41, 5.74) is 0. The van der Waals surface area contributed by atoms with Gasteiger partial charge in [0, 0.05) is 13.6 Å². The predicted octanol–water partition coefficient (Wildman–Crippen LogP) is 2.19. The summed E-state index contributed by atoms with van der Waals surface area (Å²) in [7, 11) is 1.74. The Balaban J connectivity index is 1.53. The third kappa shape index (κ3) is 4.50. The molecule has 7 nitrogen and oxygen atoms in total. The van der Waals surface area contributed by atoms with Gasteiger partial charge in [-0.3, -0.25) is 4.99 Å². The average Bonchev–Trinajstić information content (AvgIpc) is 3.01. The molecule has 2 N–H and O–H groups in total. The van der Waals surface area contributed by atoms with Crippen LogP contribution in [-0.2, 0) is 6.54 Å². The van der Waals surface area contributed by atoms with Crippen molar-refractivity contribution in [2.24, 2.45) is 4.99 Å². The van der Waals surface area contributed by atoms with Gasteiger partial charge in [-0.25, -0.2) is 14.1 Å². The van der Waals surface area contributed by atoms with Crippen molar-refractivity contribution in [3.63, 3.8) is 0 Å². The predicted molar refractivity (Wildman–Crippen MR) is 97.7 cm³/mol. The highest BCUT2D eigenvalue weighted by atomic mass is 19.1. The van der Waals surface area contributed by atoms with Gasteiger partial charge in [-0.2, -0.15) is 5.10 Å². The quantitative estimate of drug-likeness (QED) is 0.631. The van der Waals surface area contributed by atoms with Gasteiger partial charge in [0.25, 0.3) is 0 Å². The number of aryl methyl sites for hydroxylation is 2. The van der Waals surface area contributed by atoms with Crippen molar-refractivity contribution < 1.29 is 9.13 Å². The molecule has 140 valence electrons. The van der Waals surface area contributed by atoms with Crippen molar-refractivity contribution in [2.45, 2.75) is 45.4 Å². The van der Waals surface area contributed by atoms with E-state index in [2.05, 4.69) is 25.7 Å². The smallest absolute Gasteiger partial charge is 0.191 e. The van der Waals surface area contributed by atoms with E-state index in [9.17, 15) is 4.39 Å². The van der Waals surface area contributed by atoms with Gasteiger partial charge in [0.15, 0.2) is 5.96 Å². The molecule has 2 unspecified atom stereocenters. The number of benzene rings is 1. The zero-order chi connectivity index (χ0) is 18.5. The van der Waals surface area contributed by atoms with Crippen LogP contribution < -0.4 is 15.4 Å². The fourth-order valence-corrected chi connectivity index (χ4v) is 2.99. The second-order valence-corrected chi connectivity index (χ2v) is 6.42. The van der Waals surface area contributed by atoms with Gasteiger partial charge >= 0.3 is 0 Å². The molecule has 3 rings (SSSR count). The van der Waals surface area contributed by atoms with E-state index < -0.39 is 0 Å². The van der Waals surface area contributed by atoms with E-state index in [4.69, 9.17) is 4.74 Å². The molecular formula is C18H25FN6O. The van der Waals surface area contributed by atoms with E-state index in [-0.39, 0.29) is 18.0 Å². The number of hydrogen-bond acceptors (Lipinski definition) is 4. The Bertz CT molecular complexity index is 758. The summed E-state index contributed by atoms with van der Waals surface area (Å²) >= 11 is 0. The standard InChI is InChI=1S/C18H25FN6O/c1-12(26-15-8-6-14(19)7-9-15)11-21-18(20-3)23-16-5-4-10-25-17(16)22-13(2)24-25/h6-9,12,16H,4-5,10-11H2,1-3H3,(H2,20,21,23). The maximum atomic E-state index is 13.0. The molecule has 2 aromatic rings. The minimum absolute atomic E-state index is 0.0875. The summed E-state index contributed by atoms with van der Waals surface area (Å²) in [5, 5.41) is 11.1. The van der Waals surface area contributed by atoms with Gasteiger partial charge in [0.2, 0.25) is 0 Å². The molecule has 0 saturated heterocycles. The van der Waals surface area contributed by atoms with Crippen LogP contribution in [0.25, 0.3) is 0 Å². The van der Waals surface area contributed by atoms with E-state index in [0.29, 0.717) is 18.3 Å². The van der Waals surface area contributed by atoms with E-state index >= 15 is 0 Å². The Morgan fingerprint density at radius 2 is 2.19 bits per heavy atom. The number of rotatable bonds is 5. The molecule has 0 spiro atoms. The summed E-state index contributed by atoms with van der Waals surface area (Å²) in [6.45, 7) is 5.33. The van der Waals surface area contributed by atoms with Gasteiger partial charge in [-0.05, 0) is 51.0 Å². The van der Waals surface area contributed by atoms with Crippen LogP contribution in [0, 0.1) is 12.7 Å². The summed E-state index contributed by atoms with van der Waals surface area (Å²) in [4.78, 5) is 8.81. The Kier molecular flexibility index (Phi) is 5.70. The number of nitrogens with one attached hydrogen (secondary N) is 2. The number of aromatic nitrogens is 3. The Morgan fingerprint density at radius 3 is 2.92 bits per heavy atom. The summed E-state index contributed by atoms with van der Waals surface area (Å²) in [6, 6.07) is 6.10. The van der Waals surface area contributed by atoms with Gasteiger partial charge in [-0.15, -0.1) is 0 Å². The summed E-state index contributed by atoms with van der Waals surface area (Å²) in [5.74, 6) is 2.80. The van der Waals surface area contributed by atoms with Crippen LogP contribution in [0.5, 0.6) is 5.75 Å². The summed E-state index contributed by atoms with van der Waals surface area (Å²) in [6.07, 6.45) is 1.94. The van der Waals surface area contributed by atoms with E-state index in [1.165, 1.54) is 12.1 Å². The molecule has 2 atom stereocenters. The van der Waals surface area contributed by atoms with Crippen LogP contribution in [0.4, 0.5) is 4.39 Å². The molecule has 8 heteroatoms. The molecule has 1 aliphatic rings. The van der Waals surface area contributed by atoms with Crippen molar-refractivity contribution >= 4 is 5.96 Å². The van der Waals surface area contributed by atoms with E-state index in [1.807, 2.05) is 18.5 Å². The first kappa shape index (κ1) is 18.2. The first-order valence-corrected chi connectivity index (χ1v) is 8.86. The monoisotopic (exact) mass is 360 g/mol. The molecule has 0 amide bonds. The van der Waals surface area contributed by atoms with Crippen LogP contribution in [0.1, 0.15) is 37.5 Å². The lowest BCUT2D eigenvalue weighted by atomic mass is 10.1. The minimum atomic E-state index is -0.275. The fraction of sp³-hybridized carbons (Fsp3) is 0.500. The third-order valence-electron chi connectivity index (χ3n) is 4.22. The van der Waals surface area contributed by atoms with Crippen LogP contribution in [0.3, 0.4) is 0 Å². The number of halogens is 1. The highest BCUT2D eigenvalue weighted by Gasteiger charge is 2.24. The van der Waals surface area contributed by atoms with Gasteiger partial charge in [0.05, 0.1) is 12.6 Å². The zero-order valence-corrected chi connectivity index (χ0v) is 15.4. The maximum absolute atomic E-state index is 13.0. The number of hydrogen-bond donors (Lipinski definition) is 2. The molecule has 26 heavy (non-hydrogen) atoms. The van der Waals surface area contributed by atoms with Gasteiger partial charge in [0.1, 0.15) is 29.3 Å². The van der Waals surface area contributed by atoms with Crippen LogP contribution in [0.2, 0.25) is 0 Å². The molecule has 0 radical (unpaired) electrons. The molecule has 0 fully saturated rings. The highest BCUT2D eigenvalue weighted by molar-refractivity contribution is 5.80. The second kappa shape index (κ2) is 8.16. The topological polar surface area (TPSA) is 76.4 Å². The van der Waals surface area contributed by atoms with Crippen molar-refractivity contribution in [1.29, 1.82) is 0 Å². The van der Waals surface area contributed by atoms with E-state index in [1.54, 1.807) is 19.2 Å². The van der Waals surface area contributed by atoms with Crippen LogP contribution in [0.15, 0.2) is 29.3 Å². The van der Waals surface area contributed by atoms with Gasteiger partial charge in [-0.1, -0.05) is 0 Å².